The number of benzene rings is 3. The van der Waals surface area contributed by atoms with Crippen molar-refractivity contribution in [2.24, 2.45) is 0 Å². The quantitative estimate of drug-likeness (QED) is 0.102. The van der Waals surface area contributed by atoms with Crippen LogP contribution in [0.15, 0.2) is 72.8 Å². The number of hydrogen-bond donors (Lipinski definition) is 6. The Labute approximate surface area is 225 Å². The summed E-state index contributed by atoms with van der Waals surface area (Å²) in [5, 5.41) is 26.5. The van der Waals surface area contributed by atoms with Crippen molar-refractivity contribution in [3.05, 3.63) is 101 Å². The molecule has 0 aliphatic heterocycles. The summed E-state index contributed by atoms with van der Waals surface area (Å²) in [6.45, 7) is 1.88. The first-order valence-corrected chi connectivity index (χ1v) is 12.2. The Hall–Kier alpha value is -4.56. The second kappa shape index (κ2) is 14.4. The summed E-state index contributed by atoms with van der Waals surface area (Å²) in [5.41, 5.74) is 4.23. The molecule has 6 N–H and O–H groups in total. The average molecular weight is 533 g/mol. The molecule has 0 saturated carbocycles. The number of carbonyl (C=O) groups is 3. The molecule has 9 nitrogen and oxygen atoms in total. The number of aliphatic hydroxyl groups is 1. The maximum absolute atomic E-state index is 13.6. The molecule has 0 aliphatic carbocycles. The summed E-state index contributed by atoms with van der Waals surface area (Å²) in [7, 11) is 0. The van der Waals surface area contributed by atoms with E-state index in [0.717, 1.165) is 0 Å². The van der Waals surface area contributed by atoms with E-state index >= 15 is 0 Å². The van der Waals surface area contributed by atoms with Gasteiger partial charge in [-0.2, -0.15) is 0 Å². The van der Waals surface area contributed by atoms with Gasteiger partial charge in [-0.25, -0.2) is 9.87 Å². The minimum absolute atomic E-state index is 0.0956. The zero-order valence-electron chi connectivity index (χ0n) is 21.2. The molecule has 39 heavy (non-hydrogen) atoms. The van der Waals surface area contributed by atoms with Crippen molar-refractivity contribution >= 4 is 23.4 Å². The monoisotopic (exact) mass is 532 g/mol. The number of hydrogen-bond acceptors (Lipinski definition) is 6. The summed E-state index contributed by atoms with van der Waals surface area (Å²) in [4.78, 5) is 36.1. The standard InChI is InChI=1S/C29H29FN4O5/c1-19(35)27(29(38)34-39)33-28(37)23-12-8-20(9-13-23)6-7-21-10-14-24(15-11-21)32-26(36)18-31-17-16-22-4-2-3-5-25(22)30/h2-5,8-15,19,27,31,35,39H,16-18H2,1H3,(H,32,36)(H,33,37)(H,34,38). The van der Waals surface area contributed by atoms with Crippen LogP contribution in [0.2, 0.25) is 0 Å². The molecule has 0 bridgehead atoms. The van der Waals surface area contributed by atoms with Gasteiger partial charge in [-0.3, -0.25) is 19.6 Å². The highest BCUT2D eigenvalue weighted by molar-refractivity contribution is 5.97. The van der Waals surface area contributed by atoms with Crippen LogP contribution in [-0.4, -0.2) is 53.3 Å². The van der Waals surface area contributed by atoms with Crippen molar-refractivity contribution in [2.45, 2.75) is 25.5 Å². The molecule has 10 heteroatoms. The van der Waals surface area contributed by atoms with Gasteiger partial charge in [0, 0.05) is 22.4 Å². The fourth-order valence-corrected chi connectivity index (χ4v) is 3.52. The Morgan fingerprint density at radius 2 is 1.54 bits per heavy atom. The third-order valence-corrected chi connectivity index (χ3v) is 5.64. The van der Waals surface area contributed by atoms with E-state index in [4.69, 9.17) is 5.21 Å². The van der Waals surface area contributed by atoms with Gasteiger partial charge in [-0.1, -0.05) is 30.0 Å². The van der Waals surface area contributed by atoms with Gasteiger partial charge >= 0.3 is 0 Å². The van der Waals surface area contributed by atoms with Gasteiger partial charge in [-0.05, 0) is 80.1 Å². The topological polar surface area (TPSA) is 140 Å². The van der Waals surface area contributed by atoms with E-state index in [1.165, 1.54) is 30.6 Å². The Bertz CT molecular complexity index is 1350. The van der Waals surface area contributed by atoms with E-state index in [2.05, 4.69) is 27.8 Å². The van der Waals surface area contributed by atoms with Crippen molar-refractivity contribution in [2.75, 3.05) is 18.4 Å². The van der Waals surface area contributed by atoms with Crippen molar-refractivity contribution in [1.29, 1.82) is 0 Å². The van der Waals surface area contributed by atoms with Gasteiger partial charge in [-0.15, -0.1) is 0 Å². The molecule has 0 fully saturated rings. The van der Waals surface area contributed by atoms with Crippen molar-refractivity contribution in [3.63, 3.8) is 0 Å². The average Bonchev–Trinajstić information content (AvgIpc) is 2.94. The summed E-state index contributed by atoms with van der Waals surface area (Å²) >= 11 is 0. The summed E-state index contributed by atoms with van der Waals surface area (Å²) < 4.78 is 13.6. The molecule has 202 valence electrons. The fourth-order valence-electron chi connectivity index (χ4n) is 3.52. The minimum Gasteiger partial charge on any atom is -0.391 e. The molecule has 2 unspecified atom stereocenters. The Morgan fingerprint density at radius 1 is 0.923 bits per heavy atom. The van der Waals surface area contributed by atoms with E-state index in [0.29, 0.717) is 35.3 Å². The highest BCUT2D eigenvalue weighted by Gasteiger charge is 2.25. The molecule has 3 rings (SSSR count). The number of hydroxylamine groups is 1. The number of halogens is 1. The number of carbonyl (C=O) groups excluding carboxylic acids is 3. The number of amides is 3. The first kappa shape index (κ1) is 29.0. The molecular formula is C29H29FN4O5. The van der Waals surface area contributed by atoms with E-state index in [-0.39, 0.29) is 23.8 Å². The number of nitrogens with one attached hydrogen (secondary N) is 4. The lowest BCUT2D eigenvalue weighted by atomic mass is 10.1. The van der Waals surface area contributed by atoms with Gasteiger partial charge < -0.3 is 21.1 Å². The first-order chi connectivity index (χ1) is 18.8. The van der Waals surface area contributed by atoms with E-state index in [1.54, 1.807) is 54.6 Å². The Kier molecular flexibility index (Phi) is 10.7. The molecule has 0 aliphatic rings. The lowest BCUT2D eigenvalue weighted by Crippen LogP contribution is -2.51. The van der Waals surface area contributed by atoms with Gasteiger partial charge in [0.1, 0.15) is 11.9 Å². The SMILES string of the molecule is CC(O)C(NC(=O)c1ccc(C#Cc2ccc(NC(=O)CNCCc3ccccc3F)cc2)cc1)C(=O)NO. The third-order valence-electron chi connectivity index (χ3n) is 5.64. The van der Waals surface area contributed by atoms with Gasteiger partial charge in [0.25, 0.3) is 11.8 Å². The van der Waals surface area contributed by atoms with Gasteiger partial charge in [0.05, 0.1) is 12.6 Å². The Morgan fingerprint density at radius 3 is 2.13 bits per heavy atom. The van der Waals surface area contributed by atoms with Crippen LogP contribution in [-0.2, 0) is 16.0 Å². The Balaban J connectivity index is 1.47. The van der Waals surface area contributed by atoms with Crippen LogP contribution in [0.5, 0.6) is 0 Å². The van der Waals surface area contributed by atoms with E-state index in [1.807, 2.05) is 0 Å². The molecule has 0 aromatic heterocycles. The number of anilines is 1. The van der Waals surface area contributed by atoms with Crippen molar-refractivity contribution < 1.29 is 29.1 Å². The van der Waals surface area contributed by atoms with Crippen LogP contribution in [0, 0.1) is 17.7 Å². The highest BCUT2D eigenvalue weighted by atomic mass is 19.1. The second-order valence-corrected chi connectivity index (χ2v) is 8.64. The van der Waals surface area contributed by atoms with Crippen LogP contribution in [0.3, 0.4) is 0 Å². The molecule has 2 atom stereocenters. The molecule has 0 radical (unpaired) electrons. The smallest absolute Gasteiger partial charge is 0.268 e. The predicted octanol–water partition coefficient (Wildman–Crippen LogP) is 1.98. The first-order valence-electron chi connectivity index (χ1n) is 12.2. The van der Waals surface area contributed by atoms with Crippen molar-refractivity contribution in [1.82, 2.24) is 16.1 Å². The summed E-state index contributed by atoms with van der Waals surface area (Å²) in [5.74, 6) is 3.98. The molecule has 0 spiro atoms. The van der Waals surface area contributed by atoms with E-state index in [9.17, 15) is 23.9 Å². The number of rotatable bonds is 10. The maximum atomic E-state index is 13.6. The molecule has 3 aromatic carbocycles. The zero-order valence-corrected chi connectivity index (χ0v) is 21.2. The molecular weight excluding hydrogens is 503 g/mol. The summed E-state index contributed by atoms with van der Waals surface area (Å²) in [6, 6.07) is 18.5. The maximum Gasteiger partial charge on any atom is 0.268 e. The second-order valence-electron chi connectivity index (χ2n) is 8.64. The van der Waals surface area contributed by atoms with Gasteiger partial charge in [0.15, 0.2) is 0 Å². The van der Waals surface area contributed by atoms with Crippen LogP contribution < -0.4 is 21.4 Å². The van der Waals surface area contributed by atoms with Gasteiger partial charge in [0.2, 0.25) is 5.91 Å². The van der Waals surface area contributed by atoms with Crippen LogP contribution in [0.4, 0.5) is 10.1 Å². The molecule has 3 aromatic rings. The lowest BCUT2D eigenvalue weighted by molar-refractivity contribution is -0.133. The highest BCUT2D eigenvalue weighted by Crippen LogP contribution is 2.10. The molecule has 0 heterocycles. The number of aliphatic hydroxyl groups excluding tert-OH is 1. The van der Waals surface area contributed by atoms with Crippen LogP contribution in [0.25, 0.3) is 0 Å². The summed E-state index contributed by atoms with van der Waals surface area (Å²) in [6.07, 6.45) is -0.726. The van der Waals surface area contributed by atoms with Crippen molar-refractivity contribution in [3.8, 4) is 11.8 Å². The van der Waals surface area contributed by atoms with E-state index < -0.39 is 24.0 Å². The fraction of sp³-hybridized carbons (Fsp3) is 0.207. The molecule has 3 amide bonds. The third kappa shape index (κ3) is 9.05. The largest absolute Gasteiger partial charge is 0.391 e. The zero-order chi connectivity index (χ0) is 28.2. The van der Waals surface area contributed by atoms with Crippen LogP contribution >= 0.6 is 0 Å². The minimum atomic E-state index is -1.31. The van der Waals surface area contributed by atoms with Crippen LogP contribution in [0.1, 0.15) is 34.0 Å². The normalized spacial score (nSPS) is 11.9. The lowest BCUT2D eigenvalue weighted by Gasteiger charge is -2.19. The molecule has 0 saturated heterocycles. The predicted molar refractivity (Wildman–Crippen MR) is 143 cm³/mol.